The maximum atomic E-state index is 13.1. The summed E-state index contributed by atoms with van der Waals surface area (Å²) in [5, 5.41) is -0.546. The molecule has 1 heterocycles. The average Bonchev–Trinajstić information content (AvgIpc) is 2.67. The number of rotatable bonds is 4. The van der Waals surface area contributed by atoms with Crippen LogP contribution in [0.3, 0.4) is 0 Å². The maximum Gasteiger partial charge on any atom is 0.326 e. The van der Waals surface area contributed by atoms with E-state index in [4.69, 9.17) is 4.74 Å². The lowest BCUT2D eigenvalue weighted by atomic mass is 10.2. The topological polar surface area (TPSA) is 63.7 Å². The second kappa shape index (κ2) is 6.53. The van der Waals surface area contributed by atoms with Crippen molar-refractivity contribution in [1.29, 1.82) is 0 Å². The minimum absolute atomic E-state index is 0.148. The number of thioether (sulfide) groups is 1. The van der Waals surface area contributed by atoms with Crippen molar-refractivity contribution in [3.05, 3.63) is 40.6 Å². The zero-order valence-corrected chi connectivity index (χ0v) is 12.0. The smallest absolute Gasteiger partial charge is 0.326 e. The summed E-state index contributed by atoms with van der Waals surface area (Å²) in [5.74, 6) is -1.66. The number of imide groups is 1. The van der Waals surface area contributed by atoms with Crippen molar-refractivity contribution >= 4 is 35.0 Å². The molecular weight excluding hydrogens is 297 g/mol. The van der Waals surface area contributed by atoms with Crippen LogP contribution in [0.15, 0.2) is 29.2 Å². The van der Waals surface area contributed by atoms with Gasteiger partial charge in [-0.25, -0.2) is 4.39 Å². The summed E-state index contributed by atoms with van der Waals surface area (Å²) in [6.07, 6.45) is 1.42. The first-order valence-electron chi connectivity index (χ1n) is 6.18. The number of hydrogen-bond donors (Lipinski definition) is 0. The first-order chi connectivity index (χ1) is 10.0. The molecule has 7 heteroatoms. The molecule has 110 valence electrons. The van der Waals surface area contributed by atoms with Crippen LogP contribution in [0.4, 0.5) is 9.18 Å². The molecule has 0 atom stereocenters. The number of halogens is 1. The minimum Gasteiger partial charge on any atom is -0.465 e. The largest absolute Gasteiger partial charge is 0.465 e. The van der Waals surface area contributed by atoms with E-state index in [1.807, 2.05) is 0 Å². The molecule has 1 aromatic carbocycles. The number of carbonyl (C=O) groups is 3. The van der Waals surface area contributed by atoms with Gasteiger partial charge in [0.15, 0.2) is 0 Å². The second-order valence-electron chi connectivity index (χ2n) is 4.13. The molecule has 2 amide bonds. The molecular formula is C14H12FNO4S. The first-order valence-corrected chi connectivity index (χ1v) is 6.99. The van der Waals surface area contributed by atoms with E-state index in [1.54, 1.807) is 13.0 Å². The van der Waals surface area contributed by atoms with Gasteiger partial charge in [-0.1, -0.05) is 12.1 Å². The van der Waals surface area contributed by atoms with Gasteiger partial charge in [-0.05, 0) is 42.5 Å². The highest BCUT2D eigenvalue weighted by Crippen LogP contribution is 2.32. The van der Waals surface area contributed by atoms with Crippen LogP contribution < -0.4 is 0 Å². The third-order valence-corrected chi connectivity index (χ3v) is 3.52. The Morgan fingerprint density at radius 3 is 2.86 bits per heavy atom. The Morgan fingerprint density at radius 1 is 1.43 bits per heavy atom. The van der Waals surface area contributed by atoms with Gasteiger partial charge in [-0.15, -0.1) is 0 Å². The van der Waals surface area contributed by atoms with Crippen LogP contribution in [-0.2, 0) is 14.3 Å². The molecule has 0 spiro atoms. The van der Waals surface area contributed by atoms with Gasteiger partial charge in [0.2, 0.25) is 0 Å². The van der Waals surface area contributed by atoms with E-state index in [2.05, 4.69) is 0 Å². The van der Waals surface area contributed by atoms with Crippen molar-refractivity contribution in [3.8, 4) is 0 Å². The molecule has 0 unspecified atom stereocenters. The summed E-state index contributed by atoms with van der Waals surface area (Å²) in [6, 6.07) is 5.65. The molecule has 1 aromatic rings. The molecule has 0 radical (unpaired) electrons. The molecule has 0 aromatic heterocycles. The van der Waals surface area contributed by atoms with Gasteiger partial charge in [-0.2, -0.15) is 0 Å². The summed E-state index contributed by atoms with van der Waals surface area (Å²) < 4.78 is 17.8. The third kappa shape index (κ3) is 3.69. The Labute approximate surface area is 124 Å². The predicted octanol–water partition coefficient (Wildman–Crippen LogP) is 2.43. The van der Waals surface area contributed by atoms with Crippen LogP contribution in [0.2, 0.25) is 0 Å². The zero-order valence-electron chi connectivity index (χ0n) is 11.2. The molecule has 0 N–H and O–H groups in total. The molecule has 1 aliphatic heterocycles. The summed E-state index contributed by atoms with van der Waals surface area (Å²) in [4.78, 5) is 36.1. The van der Waals surface area contributed by atoms with E-state index in [1.165, 1.54) is 24.3 Å². The molecule has 1 saturated heterocycles. The van der Waals surface area contributed by atoms with Crippen molar-refractivity contribution in [2.24, 2.45) is 0 Å². The summed E-state index contributed by atoms with van der Waals surface area (Å²) in [6.45, 7) is 1.39. The molecule has 5 nitrogen and oxygen atoms in total. The number of esters is 1. The van der Waals surface area contributed by atoms with Crippen LogP contribution in [0.1, 0.15) is 12.5 Å². The molecule has 1 fully saturated rings. The number of hydrogen-bond acceptors (Lipinski definition) is 5. The Balaban J connectivity index is 2.16. The molecule has 2 rings (SSSR count). The first kappa shape index (κ1) is 15.2. The quantitative estimate of drug-likeness (QED) is 0.631. The highest BCUT2D eigenvalue weighted by atomic mass is 32.2. The van der Waals surface area contributed by atoms with Crippen molar-refractivity contribution in [2.45, 2.75) is 6.92 Å². The molecule has 21 heavy (non-hydrogen) atoms. The van der Waals surface area contributed by atoms with Crippen molar-refractivity contribution in [3.63, 3.8) is 0 Å². The monoisotopic (exact) mass is 309 g/mol. The predicted molar refractivity (Wildman–Crippen MR) is 75.7 cm³/mol. The number of ether oxygens (including phenoxy) is 1. The van der Waals surface area contributed by atoms with E-state index < -0.39 is 29.5 Å². The van der Waals surface area contributed by atoms with Crippen LogP contribution in [0.5, 0.6) is 0 Å². The fraction of sp³-hybridized carbons (Fsp3) is 0.214. The normalized spacial score (nSPS) is 16.7. The number of amides is 2. The summed E-state index contributed by atoms with van der Waals surface area (Å²) in [7, 11) is 0. The fourth-order valence-corrected chi connectivity index (χ4v) is 2.56. The lowest BCUT2D eigenvalue weighted by molar-refractivity contribution is -0.145. The lowest BCUT2D eigenvalue weighted by Crippen LogP contribution is -2.34. The fourth-order valence-electron chi connectivity index (χ4n) is 1.72. The Hall–Kier alpha value is -2.15. The average molecular weight is 309 g/mol. The van der Waals surface area contributed by atoms with Crippen LogP contribution in [0.25, 0.3) is 6.08 Å². The SMILES string of the molecule is CCOC(=O)CN1C(=O)S/C(=C\c2cccc(F)c2)C1=O. The zero-order chi connectivity index (χ0) is 15.4. The van der Waals surface area contributed by atoms with Gasteiger partial charge in [0.05, 0.1) is 11.5 Å². The Kier molecular flexibility index (Phi) is 4.74. The van der Waals surface area contributed by atoms with E-state index >= 15 is 0 Å². The van der Waals surface area contributed by atoms with E-state index in [0.717, 1.165) is 4.90 Å². The van der Waals surface area contributed by atoms with Crippen molar-refractivity contribution in [1.82, 2.24) is 4.90 Å². The Bertz CT molecular complexity index is 629. The number of carbonyl (C=O) groups excluding carboxylic acids is 3. The lowest BCUT2D eigenvalue weighted by Gasteiger charge is -2.10. The van der Waals surface area contributed by atoms with Gasteiger partial charge in [0.1, 0.15) is 12.4 Å². The third-order valence-electron chi connectivity index (χ3n) is 2.61. The van der Waals surface area contributed by atoms with Crippen LogP contribution in [0, 0.1) is 5.82 Å². The van der Waals surface area contributed by atoms with Crippen molar-refractivity contribution in [2.75, 3.05) is 13.2 Å². The highest BCUT2D eigenvalue weighted by Gasteiger charge is 2.36. The van der Waals surface area contributed by atoms with Crippen LogP contribution in [-0.4, -0.2) is 35.2 Å². The van der Waals surface area contributed by atoms with Crippen LogP contribution >= 0.6 is 11.8 Å². The van der Waals surface area contributed by atoms with Gasteiger partial charge < -0.3 is 4.74 Å². The van der Waals surface area contributed by atoms with E-state index in [9.17, 15) is 18.8 Å². The molecule has 0 bridgehead atoms. The van der Waals surface area contributed by atoms with E-state index in [-0.39, 0.29) is 11.5 Å². The van der Waals surface area contributed by atoms with E-state index in [0.29, 0.717) is 17.3 Å². The molecule has 0 saturated carbocycles. The molecule has 0 aliphatic carbocycles. The van der Waals surface area contributed by atoms with Gasteiger partial charge in [-0.3, -0.25) is 19.3 Å². The molecule has 1 aliphatic rings. The number of benzene rings is 1. The standard InChI is InChI=1S/C14H12FNO4S/c1-2-20-12(17)8-16-13(18)11(21-14(16)19)7-9-4-3-5-10(15)6-9/h3-7H,2,8H2,1H3/b11-7-. The van der Waals surface area contributed by atoms with Gasteiger partial charge in [0, 0.05) is 0 Å². The summed E-state index contributed by atoms with van der Waals surface area (Å²) in [5.41, 5.74) is 0.469. The number of nitrogens with zero attached hydrogens (tertiary/aromatic N) is 1. The maximum absolute atomic E-state index is 13.1. The minimum atomic E-state index is -0.646. The van der Waals surface area contributed by atoms with Gasteiger partial charge in [0.25, 0.3) is 11.1 Å². The summed E-state index contributed by atoms with van der Waals surface area (Å²) >= 11 is 0.711. The highest BCUT2D eigenvalue weighted by molar-refractivity contribution is 8.18. The van der Waals surface area contributed by atoms with Crippen molar-refractivity contribution < 1.29 is 23.5 Å². The Morgan fingerprint density at radius 2 is 2.19 bits per heavy atom. The van der Waals surface area contributed by atoms with Gasteiger partial charge >= 0.3 is 5.97 Å². The second-order valence-corrected chi connectivity index (χ2v) is 5.12.